The fourth-order valence-electron chi connectivity index (χ4n) is 3.16. The fourth-order valence-corrected chi connectivity index (χ4v) is 3.16. The molecule has 0 aromatic heterocycles. The van der Waals surface area contributed by atoms with Crippen molar-refractivity contribution in [3.8, 4) is 5.75 Å². The Morgan fingerprint density at radius 1 is 1.22 bits per heavy atom. The van der Waals surface area contributed by atoms with Crippen LogP contribution in [-0.4, -0.2) is 13.1 Å². The number of methoxy groups -OCH3 is 1. The molecule has 0 bridgehead atoms. The van der Waals surface area contributed by atoms with Crippen molar-refractivity contribution in [3.63, 3.8) is 0 Å². The first-order valence-electron chi connectivity index (χ1n) is 6.51. The van der Waals surface area contributed by atoms with E-state index in [4.69, 9.17) is 4.74 Å². The second kappa shape index (κ2) is 4.19. The van der Waals surface area contributed by atoms with E-state index < -0.39 is 0 Å². The van der Waals surface area contributed by atoms with E-state index in [1.165, 1.54) is 24.8 Å². The summed E-state index contributed by atoms with van der Waals surface area (Å²) in [6.07, 6.45) is 5.66. The van der Waals surface area contributed by atoms with Crippen LogP contribution in [0.25, 0.3) is 0 Å². The highest BCUT2D eigenvalue weighted by Crippen LogP contribution is 2.43. The monoisotopic (exact) mass is 246 g/mol. The third-order valence-corrected chi connectivity index (χ3v) is 4.05. The fraction of sp³-hybridized carbons (Fsp3) is 0.500. The first-order valence-corrected chi connectivity index (χ1v) is 6.51. The van der Waals surface area contributed by atoms with Crippen molar-refractivity contribution in [3.05, 3.63) is 23.8 Å². The number of fused-ring (bicyclic) bond motifs is 2. The molecule has 1 fully saturated rings. The summed E-state index contributed by atoms with van der Waals surface area (Å²) >= 11 is 0. The number of anilines is 1. The lowest BCUT2D eigenvalue weighted by Gasteiger charge is -2.42. The van der Waals surface area contributed by atoms with Crippen LogP contribution >= 0.6 is 0 Å². The van der Waals surface area contributed by atoms with Crippen LogP contribution in [0.2, 0.25) is 0 Å². The van der Waals surface area contributed by atoms with E-state index in [1.807, 2.05) is 12.1 Å². The van der Waals surface area contributed by atoms with Crippen LogP contribution in [0.15, 0.2) is 18.2 Å². The normalized spacial score (nSPS) is 20.8. The van der Waals surface area contributed by atoms with Gasteiger partial charge < -0.3 is 15.4 Å². The molecule has 0 unspecified atom stereocenters. The average Bonchev–Trinajstić information content (AvgIpc) is 2.38. The molecule has 4 nitrogen and oxygen atoms in total. The Bertz CT molecular complexity index is 479. The van der Waals surface area contributed by atoms with Crippen LogP contribution in [0.5, 0.6) is 5.75 Å². The molecule has 0 radical (unpaired) electrons. The van der Waals surface area contributed by atoms with Crippen LogP contribution in [0.3, 0.4) is 0 Å². The molecule has 1 heterocycles. The number of urea groups is 1. The summed E-state index contributed by atoms with van der Waals surface area (Å²) < 4.78 is 5.22. The quantitative estimate of drug-likeness (QED) is 0.800. The highest BCUT2D eigenvalue weighted by atomic mass is 16.5. The standard InChI is InChI=1S/C14H18N2O2/c1-18-10-5-6-11-12(9-10)15-13(17)16-14(11)7-3-2-4-8-14/h5-6,9H,2-4,7-8H2,1H3,(H2,15,16,17). The van der Waals surface area contributed by atoms with Crippen LogP contribution in [-0.2, 0) is 5.54 Å². The van der Waals surface area contributed by atoms with Gasteiger partial charge >= 0.3 is 6.03 Å². The Morgan fingerprint density at radius 2 is 2.00 bits per heavy atom. The predicted molar refractivity (Wildman–Crippen MR) is 69.9 cm³/mol. The largest absolute Gasteiger partial charge is 0.497 e. The number of rotatable bonds is 1. The lowest BCUT2D eigenvalue weighted by atomic mass is 9.75. The van der Waals surface area contributed by atoms with E-state index in [-0.39, 0.29) is 11.6 Å². The van der Waals surface area contributed by atoms with Gasteiger partial charge in [-0.2, -0.15) is 0 Å². The smallest absolute Gasteiger partial charge is 0.319 e. The predicted octanol–water partition coefficient (Wildman–Crippen LogP) is 2.99. The summed E-state index contributed by atoms with van der Waals surface area (Å²) in [7, 11) is 1.64. The summed E-state index contributed by atoms with van der Waals surface area (Å²) in [4.78, 5) is 11.8. The van der Waals surface area contributed by atoms with Gasteiger partial charge in [0.1, 0.15) is 5.75 Å². The molecule has 0 atom stereocenters. The van der Waals surface area contributed by atoms with Crippen LogP contribution in [0, 0.1) is 0 Å². The summed E-state index contributed by atoms with van der Waals surface area (Å²) in [5, 5.41) is 6.01. The first kappa shape index (κ1) is 11.4. The minimum Gasteiger partial charge on any atom is -0.497 e. The third-order valence-electron chi connectivity index (χ3n) is 4.05. The summed E-state index contributed by atoms with van der Waals surface area (Å²) in [6.45, 7) is 0. The number of nitrogens with one attached hydrogen (secondary N) is 2. The second-order valence-electron chi connectivity index (χ2n) is 5.13. The highest BCUT2D eigenvalue weighted by molar-refractivity contribution is 5.94. The Kier molecular flexibility index (Phi) is 2.65. The molecule has 3 rings (SSSR count). The Morgan fingerprint density at radius 3 is 2.72 bits per heavy atom. The maximum absolute atomic E-state index is 11.8. The van der Waals surface area contributed by atoms with Gasteiger partial charge in [-0.15, -0.1) is 0 Å². The highest BCUT2D eigenvalue weighted by Gasteiger charge is 2.40. The van der Waals surface area contributed by atoms with Gasteiger partial charge in [-0.05, 0) is 18.9 Å². The molecule has 96 valence electrons. The Balaban J connectivity index is 2.06. The van der Waals surface area contributed by atoms with Crippen molar-refractivity contribution in [2.24, 2.45) is 0 Å². The molecule has 1 aromatic carbocycles. The molecule has 0 saturated heterocycles. The van der Waals surface area contributed by atoms with Gasteiger partial charge in [-0.1, -0.05) is 25.3 Å². The Hall–Kier alpha value is -1.71. The van der Waals surface area contributed by atoms with E-state index in [2.05, 4.69) is 16.7 Å². The van der Waals surface area contributed by atoms with E-state index >= 15 is 0 Å². The molecular weight excluding hydrogens is 228 g/mol. The third kappa shape index (κ3) is 1.72. The molecule has 1 aromatic rings. The van der Waals surface area contributed by atoms with Gasteiger partial charge in [0.25, 0.3) is 0 Å². The first-order chi connectivity index (χ1) is 8.73. The maximum Gasteiger partial charge on any atom is 0.319 e. The summed E-state index contributed by atoms with van der Waals surface area (Å²) in [5.41, 5.74) is 1.92. The van der Waals surface area contributed by atoms with Crippen LogP contribution in [0.4, 0.5) is 10.5 Å². The Labute approximate surface area is 107 Å². The summed E-state index contributed by atoms with van der Waals surface area (Å²) in [6, 6.07) is 5.85. The lowest BCUT2D eigenvalue weighted by molar-refractivity contribution is 0.208. The molecule has 18 heavy (non-hydrogen) atoms. The molecular formula is C14H18N2O2. The van der Waals surface area contributed by atoms with Gasteiger partial charge in [0.05, 0.1) is 18.3 Å². The molecule has 1 aliphatic heterocycles. The van der Waals surface area contributed by atoms with E-state index in [9.17, 15) is 4.79 Å². The second-order valence-corrected chi connectivity index (χ2v) is 5.13. The molecule has 4 heteroatoms. The van der Waals surface area contributed by atoms with Crippen molar-refractivity contribution in [2.45, 2.75) is 37.6 Å². The SMILES string of the molecule is COc1ccc2c(c1)NC(=O)NC21CCCCC1. The summed E-state index contributed by atoms with van der Waals surface area (Å²) in [5.74, 6) is 0.780. The number of ether oxygens (including phenoxy) is 1. The minimum absolute atomic E-state index is 0.0994. The molecule has 1 saturated carbocycles. The average molecular weight is 246 g/mol. The van der Waals surface area contributed by atoms with Crippen LogP contribution in [0.1, 0.15) is 37.7 Å². The van der Waals surface area contributed by atoms with Gasteiger partial charge in [-0.3, -0.25) is 0 Å². The number of carbonyl (C=O) groups excluding carboxylic acids is 1. The number of benzene rings is 1. The van der Waals surface area contributed by atoms with Crippen molar-refractivity contribution in [1.82, 2.24) is 5.32 Å². The van der Waals surface area contributed by atoms with Crippen molar-refractivity contribution in [2.75, 3.05) is 12.4 Å². The van der Waals surface area contributed by atoms with Gasteiger partial charge in [-0.25, -0.2) is 4.79 Å². The van der Waals surface area contributed by atoms with Crippen molar-refractivity contribution < 1.29 is 9.53 Å². The zero-order valence-corrected chi connectivity index (χ0v) is 10.6. The number of carbonyl (C=O) groups is 1. The lowest BCUT2D eigenvalue weighted by Crippen LogP contribution is -2.52. The molecule has 1 aliphatic carbocycles. The number of amides is 2. The molecule has 2 amide bonds. The number of hydrogen-bond donors (Lipinski definition) is 2. The van der Waals surface area contributed by atoms with Crippen molar-refractivity contribution >= 4 is 11.7 Å². The van der Waals surface area contributed by atoms with E-state index in [0.717, 1.165) is 24.3 Å². The topological polar surface area (TPSA) is 50.4 Å². The van der Waals surface area contributed by atoms with Gasteiger partial charge in [0.2, 0.25) is 0 Å². The van der Waals surface area contributed by atoms with E-state index in [1.54, 1.807) is 7.11 Å². The molecule has 2 N–H and O–H groups in total. The van der Waals surface area contributed by atoms with Gasteiger partial charge in [0, 0.05) is 11.6 Å². The molecule has 2 aliphatic rings. The molecule has 1 spiro atoms. The van der Waals surface area contributed by atoms with Crippen LogP contribution < -0.4 is 15.4 Å². The zero-order valence-electron chi connectivity index (χ0n) is 10.6. The van der Waals surface area contributed by atoms with Gasteiger partial charge in [0.15, 0.2) is 0 Å². The zero-order chi connectivity index (χ0) is 12.6. The van der Waals surface area contributed by atoms with Crippen molar-refractivity contribution in [1.29, 1.82) is 0 Å². The maximum atomic E-state index is 11.8. The number of hydrogen-bond acceptors (Lipinski definition) is 2. The minimum atomic E-state index is -0.164. The van der Waals surface area contributed by atoms with E-state index in [0.29, 0.717) is 0 Å².